The Morgan fingerprint density at radius 2 is 1.09 bits per heavy atom. The lowest BCUT2D eigenvalue weighted by Gasteiger charge is -2.34. The molecule has 8 aromatic rings. The van der Waals surface area contributed by atoms with Crippen LogP contribution >= 0.6 is 0 Å². The fourth-order valence-electron chi connectivity index (χ4n) is 7.48. The number of hydrogen-bond acceptors (Lipinski definition) is 2. The molecule has 45 heavy (non-hydrogen) atoms. The van der Waals surface area contributed by atoms with E-state index in [1.165, 1.54) is 33.4 Å². The van der Waals surface area contributed by atoms with Gasteiger partial charge in [0.2, 0.25) is 0 Å². The molecule has 0 spiro atoms. The lowest BCUT2D eigenvalue weighted by molar-refractivity contribution is 0.670. The van der Waals surface area contributed by atoms with Crippen molar-refractivity contribution in [2.45, 2.75) is 5.41 Å². The van der Waals surface area contributed by atoms with Crippen molar-refractivity contribution in [2.24, 2.45) is 0 Å². The number of rotatable bonds is 5. The Hall–Kier alpha value is -5.86. The fraction of sp³-hybridized carbons (Fsp3) is 0.0233. The first-order valence-electron chi connectivity index (χ1n) is 15.4. The topological polar surface area (TPSA) is 25.2 Å². The normalized spacial score (nSPS) is 13.1. The van der Waals surface area contributed by atoms with E-state index >= 15 is 0 Å². The van der Waals surface area contributed by atoms with Gasteiger partial charge in [0.25, 0.3) is 0 Å². The van der Waals surface area contributed by atoms with Gasteiger partial charge < -0.3 is 9.73 Å². The van der Waals surface area contributed by atoms with Gasteiger partial charge in [0.05, 0.1) is 16.5 Å². The highest BCUT2D eigenvalue weighted by atomic mass is 16.3. The smallest absolute Gasteiger partial charge is 0.145 e. The minimum Gasteiger partial charge on any atom is -0.455 e. The summed E-state index contributed by atoms with van der Waals surface area (Å²) in [6, 6.07) is 60.7. The Morgan fingerprint density at radius 1 is 0.467 bits per heavy atom. The molecule has 0 aliphatic heterocycles. The van der Waals surface area contributed by atoms with E-state index in [0.29, 0.717) is 0 Å². The molecule has 0 saturated heterocycles. The van der Waals surface area contributed by atoms with E-state index in [-0.39, 0.29) is 0 Å². The SMILES string of the molecule is c1ccc(-c2ccc(Nc3cccc(C4(c5ccccc5)c5ccccc5-c5ccccc54)c3)c3c2oc2ccccc23)cc1. The molecule has 1 aromatic heterocycles. The third kappa shape index (κ3) is 3.82. The molecule has 0 bridgehead atoms. The fourth-order valence-corrected chi connectivity index (χ4v) is 7.48. The van der Waals surface area contributed by atoms with Crippen molar-refractivity contribution in [3.05, 3.63) is 192 Å². The summed E-state index contributed by atoms with van der Waals surface area (Å²) in [7, 11) is 0. The lowest BCUT2D eigenvalue weighted by atomic mass is 9.67. The largest absolute Gasteiger partial charge is 0.455 e. The van der Waals surface area contributed by atoms with E-state index in [9.17, 15) is 0 Å². The van der Waals surface area contributed by atoms with Crippen LogP contribution in [0.25, 0.3) is 44.2 Å². The van der Waals surface area contributed by atoms with Crippen LogP contribution in [0.15, 0.2) is 174 Å². The van der Waals surface area contributed by atoms with Crippen molar-refractivity contribution >= 4 is 33.3 Å². The number of benzene rings is 7. The molecule has 0 amide bonds. The Bertz CT molecular complexity index is 2300. The van der Waals surface area contributed by atoms with Gasteiger partial charge in [-0.2, -0.15) is 0 Å². The van der Waals surface area contributed by atoms with Gasteiger partial charge in [0.1, 0.15) is 11.2 Å². The highest BCUT2D eigenvalue weighted by molar-refractivity contribution is 6.16. The standard InChI is InChI=1S/C43H29NO/c1-3-14-29(15-4-1)33-26-27-39(41-36-22-9-12-25-40(36)45-42(33)41)44-32-19-13-18-31(28-32)43(30-16-5-2-6-17-30)37-23-10-7-20-34(37)35-21-8-11-24-38(35)43/h1-28,44H. The Kier molecular flexibility index (Phi) is 5.76. The number of furan rings is 1. The highest BCUT2D eigenvalue weighted by Crippen LogP contribution is 2.56. The van der Waals surface area contributed by atoms with Gasteiger partial charge in [0, 0.05) is 16.6 Å². The lowest BCUT2D eigenvalue weighted by Crippen LogP contribution is -2.28. The number of para-hydroxylation sites is 1. The van der Waals surface area contributed by atoms with Gasteiger partial charge >= 0.3 is 0 Å². The van der Waals surface area contributed by atoms with Crippen LogP contribution in [0.1, 0.15) is 22.3 Å². The van der Waals surface area contributed by atoms with Crippen LogP contribution in [0.5, 0.6) is 0 Å². The first-order valence-corrected chi connectivity index (χ1v) is 15.4. The van der Waals surface area contributed by atoms with Crippen molar-refractivity contribution in [1.82, 2.24) is 0 Å². The predicted molar refractivity (Wildman–Crippen MR) is 186 cm³/mol. The number of hydrogen-bond donors (Lipinski definition) is 1. The summed E-state index contributed by atoms with van der Waals surface area (Å²) in [6.45, 7) is 0. The van der Waals surface area contributed by atoms with Crippen LogP contribution in [0.4, 0.5) is 11.4 Å². The summed E-state index contributed by atoms with van der Waals surface area (Å²) < 4.78 is 6.53. The molecule has 7 aromatic carbocycles. The summed E-state index contributed by atoms with van der Waals surface area (Å²) in [5.41, 5.74) is 13.3. The molecule has 0 atom stereocenters. The molecule has 2 nitrogen and oxygen atoms in total. The maximum absolute atomic E-state index is 6.53. The predicted octanol–water partition coefficient (Wildman–Crippen LogP) is 11.4. The van der Waals surface area contributed by atoms with Crippen LogP contribution in [0.2, 0.25) is 0 Å². The van der Waals surface area contributed by atoms with Gasteiger partial charge in [-0.15, -0.1) is 0 Å². The second-order valence-electron chi connectivity index (χ2n) is 11.7. The van der Waals surface area contributed by atoms with E-state index in [2.05, 4.69) is 157 Å². The average molecular weight is 576 g/mol. The summed E-state index contributed by atoms with van der Waals surface area (Å²) in [5.74, 6) is 0. The van der Waals surface area contributed by atoms with Crippen molar-refractivity contribution in [1.29, 1.82) is 0 Å². The number of anilines is 2. The molecule has 1 aliphatic rings. The van der Waals surface area contributed by atoms with Crippen LogP contribution in [-0.4, -0.2) is 0 Å². The molecule has 9 rings (SSSR count). The van der Waals surface area contributed by atoms with Gasteiger partial charge in [0.15, 0.2) is 0 Å². The van der Waals surface area contributed by atoms with Gasteiger partial charge in [-0.25, -0.2) is 0 Å². The monoisotopic (exact) mass is 575 g/mol. The van der Waals surface area contributed by atoms with E-state index in [4.69, 9.17) is 4.42 Å². The Labute approximate surface area is 262 Å². The highest BCUT2D eigenvalue weighted by Gasteiger charge is 2.45. The van der Waals surface area contributed by atoms with E-state index in [1.54, 1.807) is 0 Å². The van der Waals surface area contributed by atoms with Gasteiger partial charge in [-0.05, 0) is 69.3 Å². The maximum atomic E-state index is 6.53. The molecule has 2 heteroatoms. The van der Waals surface area contributed by atoms with E-state index < -0.39 is 5.41 Å². The van der Waals surface area contributed by atoms with Crippen molar-refractivity contribution in [3.8, 4) is 22.3 Å². The molecule has 0 radical (unpaired) electrons. The van der Waals surface area contributed by atoms with Crippen molar-refractivity contribution in [3.63, 3.8) is 0 Å². The maximum Gasteiger partial charge on any atom is 0.145 e. The summed E-state index contributed by atoms with van der Waals surface area (Å²) >= 11 is 0. The number of fused-ring (bicyclic) bond motifs is 6. The van der Waals surface area contributed by atoms with E-state index in [1.807, 2.05) is 18.2 Å². The second-order valence-corrected chi connectivity index (χ2v) is 11.7. The molecule has 0 fully saturated rings. The third-order valence-corrected chi connectivity index (χ3v) is 9.34. The zero-order chi connectivity index (χ0) is 29.8. The number of nitrogens with one attached hydrogen (secondary N) is 1. The molecule has 0 unspecified atom stereocenters. The Balaban J connectivity index is 1.25. The molecule has 0 saturated carbocycles. The summed E-state index contributed by atoms with van der Waals surface area (Å²) in [4.78, 5) is 0. The molecule has 1 N–H and O–H groups in total. The van der Waals surface area contributed by atoms with Crippen LogP contribution in [-0.2, 0) is 5.41 Å². The van der Waals surface area contributed by atoms with Crippen molar-refractivity contribution in [2.75, 3.05) is 5.32 Å². The zero-order valence-electron chi connectivity index (χ0n) is 24.6. The first-order chi connectivity index (χ1) is 22.3. The zero-order valence-corrected chi connectivity index (χ0v) is 24.6. The Morgan fingerprint density at radius 3 is 1.84 bits per heavy atom. The second kappa shape index (κ2) is 10.1. The van der Waals surface area contributed by atoms with Crippen LogP contribution in [0.3, 0.4) is 0 Å². The average Bonchev–Trinajstić information content (AvgIpc) is 3.65. The molecular weight excluding hydrogens is 546 g/mol. The van der Waals surface area contributed by atoms with Crippen molar-refractivity contribution < 1.29 is 4.42 Å². The molecule has 1 heterocycles. The molecule has 1 aliphatic carbocycles. The summed E-state index contributed by atoms with van der Waals surface area (Å²) in [5, 5.41) is 6.01. The van der Waals surface area contributed by atoms with E-state index in [0.717, 1.165) is 44.4 Å². The van der Waals surface area contributed by atoms with Crippen LogP contribution < -0.4 is 5.32 Å². The third-order valence-electron chi connectivity index (χ3n) is 9.34. The van der Waals surface area contributed by atoms with Crippen LogP contribution in [0, 0.1) is 0 Å². The minimum absolute atomic E-state index is 0.443. The van der Waals surface area contributed by atoms with Gasteiger partial charge in [-0.3, -0.25) is 0 Å². The minimum atomic E-state index is -0.443. The van der Waals surface area contributed by atoms with Gasteiger partial charge in [-0.1, -0.05) is 140 Å². The first kappa shape index (κ1) is 25.6. The quantitative estimate of drug-likeness (QED) is 0.221. The molecular formula is C43H29NO. The molecule has 212 valence electrons. The summed E-state index contributed by atoms with van der Waals surface area (Å²) in [6.07, 6.45) is 0.